The number of piperazine rings is 1. The SMILES string of the molecule is CC1CC(C)CN(C(=O)CN2CCN(C(=O)c3ccc(C(C)(C)C)cc3)CC2)C1. The minimum absolute atomic E-state index is 0.0870. The predicted octanol–water partition coefficient (Wildman–Crippen LogP) is 3.25. The van der Waals surface area contributed by atoms with Crippen LogP contribution in [-0.4, -0.2) is 72.3 Å². The molecule has 0 saturated carbocycles. The van der Waals surface area contributed by atoms with Crippen LogP contribution in [0.1, 0.15) is 57.0 Å². The second-order valence-corrected chi connectivity index (χ2v) is 10.1. The van der Waals surface area contributed by atoms with Gasteiger partial charge >= 0.3 is 0 Å². The van der Waals surface area contributed by atoms with E-state index in [1.165, 1.54) is 12.0 Å². The molecule has 2 aliphatic rings. The van der Waals surface area contributed by atoms with Gasteiger partial charge in [-0.2, -0.15) is 0 Å². The smallest absolute Gasteiger partial charge is 0.253 e. The maximum absolute atomic E-state index is 12.8. The molecule has 160 valence electrons. The van der Waals surface area contributed by atoms with Crippen molar-refractivity contribution in [3.05, 3.63) is 35.4 Å². The van der Waals surface area contributed by atoms with E-state index in [-0.39, 0.29) is 17.2 Å². The molecule has 0 aliphatic carbocycles. The molecule has 2 aliphatic heterocycles. The second-order valence-electron chi connectivity index (χ2n) is 10.1. The Balaban J connectivity index is 1.50. The molecule has 5 heteroatoms. The van der Waals surface area contributed by atoms with Crippen molar-refractivity contribution in [3.63, 3.8) is 0 Å². The molecule has 29 heavy (non-hydrogen) atoms. The predicted molar refractivity (Wildman–Crippen MR) is 117 cm³/mol. The van der Waals surface area contributed by atoms with E-state index in [4.69, 9.17) is 0 Å². The highest BCUT2D eigenvalue weighted by Crippen LogP contribution is 2.23. The average molecular weight is 400 g/mol. The molecule has 0 aromatic heterocycles. The molecule has 0 radical (unpaired) electrons. The lowest BCUT2D eigenvalue weighted by Crippen LogP contribution is -2.53. The zero-order chi connectivity index (χ0) is 21.2. The Morgan fingerprint density at radius 1 is 0.897 bits per heavy atom. The second kappa shape index (κ2) is 8.86. The van der Waals surface area contributed by atoms with Gasteiger partial charge in [-0.3, -0.25) is 14.5 Å². The van der Waals surface area contributed by atoms with Crippen LogP contribution in [0.4, 0.5) is 0 Å². The van der Waals surface area contributed by atoms with Crippen LogP contribution >= 0.6 is 0 Å². The molecule has 2 unspecified atom stereocenters. The summed E-state index contributed by atoms with van der Waals surface area (Å²) in [7, 11) is 0. The van der Waals surface area contributed by atoms with E-state index in [1.807, 2.05) is 21.9 Å². The van der Waals surface area contributed by atoms with Gasteiger partial charge in [0.15, 0.2) is 0 Å². The van der Waals surface area contributed by atoms with Crippen molar-refractivity contribution in [1.29, 1.82) is 0 Å². The molecule has 3 rings (SSSR count). The quantitative estimate of drug-likeness (QED) is 0.784. The topological polar surface area (TPSA) is 43.9 Å². The summed E-state index contributed by atoms with van der Waals surface area (Å²) in [5.74, 6) is 1.50. The lowest BCUT2D eigenvalue weighted by molar-refractivity contribution is -0.135. The number of hydrogen-bond acceptors (Lipinski definition) is 3. The summed E-state index contributed by atoms with van der Waals surface area (Å²) in [5.41, 5.74) is 2.07. The molecule has 2 saturated heterocycles. The van der Waals surface area contributed by atoms with E-state index < -0.39 is 0 Å². The summed E-state index contributed by atoms with van der Waals surface area (Å²) in [6, 6.07) is 8.00. The van der Waals surface area contributed by atoms with E-state index in [9.17, 15) is 9.59 Å². The molecule has 2 atom stereocenters. The molecule has 0 N–H and O–H groups in total. The number of likely N-dealkylation sites (tertiary alicyclic amines) is 1. The lowest BCUT2D eigenvalue weighted by Gasteiger charge is -2.38. The number of rotatable bonds is 3. The van der Waals surface area contributed by atoms with Crippen LogP contribution in [0.25, 0.3) is 0 Å². The maximum Gasteiger partial charge on any atom is 0.253 e. The summed E-state index contributed by atoms with van der Waals surface area (Å²) in [5, 5.41) is 0. The van der Waals surface area contributed by atoms with E-state index in [1.54, 1.807) is 0 Å². The third-order valence-corrected chi connectivity index (χ3v) is 6.24. The first-order valence-corrected chi connectivity index (χ1v) is 11.0. The van der Waals surface area contributed by atoms with Crippen molar-refractivity contribution >= 4 is 11.8 Å². The van der Waals surface area contributed by atoms with Crippen molar-refractivity contribution < 1.29 is 9.59 Å². The Bertz CT molecular complexity index is 705. The van der Waals surface area contributed by atoms with Crippen molar-refractivity contribution in [2.45, 2.75) is 46.5 Å². The van der Waals surface area contributed by atoms with Gasteiger partial charge in [0.1, 0.15) is 0 Å². The maximum atomic E-state index is 12.8. The summed E-state index contributed by atoms with van der Waals surface area (Å²) < 4.78 is 0. The fourth-order valence-corrected chi connectivity index (χ4v) is 4.56. The first-order chi connectivity index (χ1) is 13.6. The highest BCUT2D eigenvalue weighted by atomic mass is 16.2. The number of nitrogens with zero attached hydrogens (tertiary/aromatic N) is 3. The van der Waals surface area contributed by atoms with Crippen LogP contribution in [0.3, 0.4) is 0 Å². The molecule has 1 aromatic rings. The number of piperidine rings is 1. The zero-order valence-corrected chi connectivity index (χ0v) is 18.8. The van der Waals surface area contributed by atoms with Crippen molar-refractivity contribution in [3.8, 4) is 0 Å². The van der Waals surface area contributed by atoms with Gasteiger partial charge in [0.25, 0.3) is 5.91 Å². The molecule has 0 spiro atoms. The van der Waals surface area contributed by atoms with Crippen LogP contribution in [0.2, 0.25) is 0 Å². The molecule has 1 aromatic carbocycles. The van der Waals surface area contributed by atoms with Crippen molar-refractivity contribution in [2.75, 3.05) is 45.8 Å². The summed E-state index contributed by atoms with van der Waals surface area (Å²) in [4.78, 5) is 31.7. The van der Waals surface area contributed by atoms with Gasteiger partial charge in [0.05, 0.1) is 6.54 Å². The first kappa shape index (κ1) is 21.8. The van der Waals surface area contributed by atoms with Gasteiger partial charge in [0, 0.05) is 44.8 Å². The first-order valence-electron chi connectivity index (χ1n) is 11.0. The molecular formula is C24H37N3O2. The Hall–Kier alpha value is -1.88. The molecule has 2 amide bonds. The number of amides is 2. The highest BCUT2D eigenvalue weighted by molar-refractivity contribution is 5.94. The largest absolute Gasteiger partial charge is 0.341 e. The third-order valence-electron chi connectivity index (χ3n) is 6.24. The van der Waals surface area contributed by atoms with E-state index in [0.29, 0.717) is 31.5 Å². The van der Waals surface area contributed by atoms with Crippen LogP contribution in [0.5, 0.6) is 0 Å². The number of carbonyl (C=O) groups is 2. The summed E-state index contributed by atoms with van der Waals surface area (Å²) in [6.07, 6.45) is 1.21. The summed E-state index contributed by atoms with van der Waals surface area (Å²) in [6.45, 7) is 16.1. The Morgan fingerprint density at radius 2 is 1.45 bits per heavy atom. The molecule has 5 nitrogen and oxygen atoms in total. The zero-order valence-electron chi connectivity index (χ0n) is 18.8. The minimum Gasteiger partial charge on any atom is -0.341 e. The average Bonchev–Trinajstić information content (AvgIpc) is 2.66. The van der Waals surface area contributed by atoms with Gasteiger partial charge in [-0.25, -0.2) is 0 Å². The van der Waals surface area contributed by atoms with Crippen LogP contribution in [-0.2, 0) is 10.2 Å². The Kier molecular flexibility index (Phi) is 6.67. The van der Waals surface area contributed by atoms with Crippen LogP contribution in [0.15, 0.2) is 24.3 Å². The van der Waals surface area contributed by atoms with Gasteiger partial charge in [-0.05, 0) is 41.4 Å². The lowest BCUT2D eigenvalue weighted by atomic mass is 9.86. The van der Waals surface area contributed by atoms with Gasteiger partial charge in [0.2, 0.25) is 5.91 Å². The van der Waals surface area contributed by atoms with E-state index >= 15 is 0 Å². The van der Waals surface area contributed by atoms with Crippen molar-refractivity contribution in [2.24, 2.45) is 11.8 Å². The van der Waals surface area contributed by atoms with E-state index in [2.05, 4.69) is 51.7 Å². The Morgan fingerprint density at radius 3 is 1.97 bits per heavy atom. The summed E-state index contributed by atoms with van der Waals surface area (Å²) >= 11 is 0. The number of benzene rings is 1. The van der Waals surface area contributed by atoms with Crippen LogP contribution < -0.4 is 0 Å². The highest BCUT2D eigenvalue weighted by Gasteiger charge is 2.28. The Labute approximate surface area is 176 Å². The van der Waals surface area contributed by atoms with Gasteiger partial charge < -0.3 is 9.80 Å². The van der Waals surface area contributed by atoms with Crippen molar-refractivity contribution in [1.82, 2.24) is 14.7 Å². The fourth-order valence-electron chi connectivity index (χ4n) is 4.56. The minimum atomic E-state index is 0.0870. The van der Waals surface area contributed by atoms with Crippen LogP contribution in [0, 0.1) is 11.8 Å². The van der Waals surface area contributed by atoms with E-state index in [0.717, 1.165) is 31.7 Å². The standard InChI is InChI=1S/C24H37N3O2/c1-18-14-19(2)16-27(15-18)22(28)17-25-10-12-26(13-11-25)23(29)20-6-8-21(9-7-20)24(3,4)5/h6-9,18-19H,10-17H2,1-5H3. The number of carbonyl (C=O) groups excluding carboxylic acids is 2. The molecule has 2 fully saturated rings. The molecule has 2 heterocycles. The molecular weight excluding hydrogens is 362 g/mol. The monoisotopic (exact) mass is 399 g/mol. The number of hydrogen-bond donors (Lipinski definition) is 0. The third kappa shape index (κ3) is 5.59. The molecule has 0 bridgehead atoms. The van der Waals surface area contributed by atoms with Gasteiger partial charge in [-0.1, -0.05) is 46.8 Å². The van der Waals surface area contributed by atoms with Gasteiger partial charge in [-0.15, -0.1) is 0 Å². The fraction of sp³-hybridized carbons (Fsp3) is 0.667. The normalized spacial score (nSPS) is 23.9.